The van der Waals surface area contributed by atoms with E-state index >= 15 is 0 Å². The molecule has 10 heteroatoms. The molecule has 0 saturated carbocycles. The van der Waals surface area contributed by atoms with Crippen LogP contribution in [0.2, 0.25) is 0 Å². The molecule has 0 aliphatic carbocycles. The van der Waals surface area contributed by atoms with Crippen molar-refractivity contribution in [3.8, 4) is 16.9 Å². The second kappa shape index (κ2) is 10.2. The maximum absolute atomic E-state index is 13.1. The van der Waals surface area contributed by atoms with Crippen molar-refractivity contribution in [2.24, 2.45) is 0 Å². The fourth-order valence-electron chi connectivity index (χ4n) is 4.31. The van der Waals surface area contributed by atoms with Gasteiger partial charge in [-0.2, -0.15) is 8.78 Å². The number of sulfone groups is 1. The molecule has 3 aromatic carbocycles. The van der Waals surface area contributed by atoms with Gasteiger partial charge in [-0.15, -0.1) is 0 Å². The molecule has 0 fully saturated rings. The van der Waals surface area contributed by atoms with Crippen LogP contribution in [-0.2, 0) is 22.8 Å². The summed E-state index contributed by atoms with van der Waals surface area (Å²) in [6.07, 6.45) is 3.16. The molecular weight excluding hydrogens is 512 g/mol. The van der Waals surface area contributed by atoms with Crippen molar-refractivity contribution >= 4 is 20.9 Å². The molecule has 5 aromatic rings. The minimum absolute atomic E-state index is 0.0737. The van der Waals surface area contributed by atoms with Gasteiger partial charge in [0.25, 0.3) is 0 Å². The van der Waals surface area contributed by atoms with Crippen LogP contribution in [-0.4, -0.2) is 35.8 Å². The number of halogens is 2. The molecule has 2 aromatic heterocycles. The highest BCUT2D eigenvalue weighted by Gasteiger charge is 2.17. The summed E-state index contributed by atoms with van der Waals surface area (Å²) >= 11 is 0. The number of imidazole rings is 1. The number of fused-ring (bicyclic) bond motifs is 1. The molecule has 1 N–H and O–H groups in total. The lowest BCUT2D eigenvalue weighted by atomic mass is 10.1. The number of nitrogens with zero attached hydrogens (tertiary/aromatic N) is 2. The van der Waals surface area contributed by atoms with Crippen LogP contribution in [0.3, 0.4) is 0 Å². The van der Waals surface area contributed by atoms with E-state index in [4.69, 9.17) is 9.72 Å². The van der Waals surface area contributed by atoms with Gasteiger partial charge in [0.15, 0.2) is 9.84 Å². The van der Waals surface area contributed by atoms with Crippen molar-refractivity contribution in [1.29, 1.82) is 0 Å². The molecule has 0 unspecified atom stereocenters. The van der Waals surface area contributed by atoms with Crippen LogP contribution in [0.1, 0.15) is 17.0 Å². The van der Waals surface area contributed by atoms with Crippen LogP contribution >= 0.6 is 0 Å². The van der Waals surface area contributed by atoms with Crippen LogP contribution in [0, 0.1) is 0 Å². The van der Waals surface area contributed by atoms with Gasteiger partial charge in [0.1, 0.15) is 11.6 Å². The number of benzene rings is 3. The average Bonchev–Trinajstić information content (AvgIpc) is 3.21. The summed E-state index contributed by atoms with van der Waals surface area (Å²) in [6.45, 7) is -2.75. The Bertz CT molecular complexity index is 1760. The van der Waals surface area contributed by atoms with Gasteiger partial charge in [0.2, 0.25) is 5.56 Å². The lowest BCUT2D eigenvalue weighted by molar-refractivity contribution is -0.0504. The van der Waals surface area contributed by atoms with Gasteiger partial charge in [-0.1, -0.05) is 36.4 Å². The number of H-pyrrole nitrogens is 1. The van der Waals surface area contributed by atoms with E-state index < -0.39 is 16.4 Å². The normalized spacial score (nSPS) is 11.8. The van der Waals surface area contributed by atoms with Gasteiger partial charge in [0.05, 0.1) is 22.5 Å². The monoisotopic (exact) mass is 535 g/mol. The average molecular weight is 536 g/mol. The standard InChI is InChI=1S/C28H23F2N3O4S/c1-38(35,36)22-10-6-18(7-11-22)14-26-32-23-12-8-19(20-9-13-27(34)31-16-20)15-24(23)33(26)17-21-4-2-3-5-25(21)37-28(29)30/h2-13,15-16,28H,14,17H2,1H3,(H,31,34). The minimum Gasteiger partial charge on any atom is -0.434 e. The zero-order valence-corrected chi connectivity index (χ0v) is 21.1. The molecule has 0 aliphatic rings. The van der Waals surface area contributed by atoms with Gasteiger partial charge in [-0.05, 0) is 53.1 Å². The van der Waals surface area contributed by atoms with Gasteiger partial charge < -0.3 is 14.3 Å². The predicted octanol–water partition coefficient (Wildman–Crippen LogP) is 5.04. The molecule has 0 amide bonds. The van der Waals surface area contributed by atoms with Crippen LogP contribution in [0.15, 0.2) is 94.7 Å². The SMILES string of the molecule is CS(=O)(=O)c1ccc(Cc2nc3ccc(-c4ccc(=O)[nH]c4)cc3n2Cc2ccccc2OC(F)F)cc1. The number of rotatable bonds is 8. The third kappa shape index (κ3) is 5.50. The lowest BCUT2D eigenvalue weighted by Gasteiger charge is -2.14. The van der Waals surface area contributed by atoms with E-state index in [2.05, 4.69) is 4.98 Å². The number of para-hydroxylation sites is 1. The van der Waals surface area contributed by atoms with Gasteiger partial charge >= 0.3 is 6.61 Å². The number of aromatic nitrogens is 3. The van der Waals surface area contributed by atoms with E-state index in [0.29, 0.717) is 23.3 Å². The Hall–Kier alpha value is -4.31. The topological polar surface area (TPSA) is 94.0 Å². The molecule has 194 valence electrons. The molecule has 38 heavy (non-hydrogen) atoms. The molecule has 0 bridgehead atoms. The smallest absolute Gasteiger partial charge is 0.387 e. The molecule has 0 radical (unpaired) electrons. The Balaban J connectivity index is 1.61. The number of pyridine rings is 1. The maximum atomic E-state index is 13.1. The summed E-state index contributed by atoms with van der Waals surface area (Å²) in [5.74, 6) is 0.738. The van der Waals surface area contributed by atoms with Crippen LogP contribution in [0.25, 0.3) is 22.2 Å². The third-order valence-electron chi connectivity index (χ3n) is 6.18. The number of aromatic amines is 1. The first kappa shape index (κ1) is 25.3. The van der Waals surface area contributed by atoms with E-state index in [1.54, 1.807) is 54.7 Å². The molecular formula is C28H23F2N3O4S. The largest absolute Gasteiger partial charge is 0.434 e. The second-order valence-electron chi connectivity index (χ2n) is 8.84. The van der Waals surface area contributed by atoms with Crippen molar-refractivity contribution in [3.05, 3.63) is 112 Å². The number of hydrogen-bond acceptors (Lipinski definition) is 5. The van der Waals surface area contributed by atoms with Crippen molar-refractivity contribution in [2.45, 2.75) is 24.5 Å². The summed E-state index contributed by atoms with van der Waals surface area (Å²) in [7, 11) is -3.33. The Labute approximate surface area is 217 Å². The highest BCUT2D eigenvalue weighted by molar-refractivity contribution is 7.90. The second-order valence-corrected chi connectivity index (χ2v) is 10.9. The van der Waals surface area contributed by atoms with Gasteiger partial charge in [-0.3, -0.25) is 4.79 Å². The minimum atomic E-state index is -3.33. The van der Waals surface area contributed by atoms with Crippen molar-refractivity contribution in [3.63, 3.8) is 0 Å². The van der Waals surface area contributed by atoms with Crippen molar-refractivity contribution in [1.82, 2.24) is 14.5 Å². The Morgan fingerprint density at radius 2 is 1.71 bits per heavy atom. The van der Waals surface area contributed by atoms with Crippen LogP contribution in [0.5, 0.6) is 5.75 Å². The first-order valence-corrected chi connectivity index (χ1v) is 13.6. The zero-order chi connectivity index (χ0) is 26.9. The summed E-state index contributed by atoms with van der Waals surface area (Å²) in [4.78, 5) is 19.2. The van der Waals surface area contributed by atoms with E-state index in [9.17, 15) is 22.0 Å². The van der Waals surface area contributed by atoms with Crippen molar-refractivity contribution in [2.75, 3.05) is 6.26 Å². The number of alkyl halides is 2. The van der Waals surface area contributed by atoms with Crippen molar-refractivity contribution < 1.29 is 21.9 Å². The molecule has 7 nitrogen and oxygen atoms in total. The fourth-order valence-corrected chi connectivity index (χ4v) is 4.94. The number of ether oxygens (including phenoxy) is 1. The quantitative estimate of drug-likeness (QED) is 0.301. The fraction of sp³-hybridized carbons (Fsp3) is 0.143. The first-order chi connectivity index (χ1) is 18.2. The highest BCUT2D eigenvalue weighted by Crippen LogP contribution is 2.29. The summed E-state index contributed by atoms with van der Waals surface area (Å²) < 4.78 is 56.5. The third-order valence-corrected chi connectivity index (χ3v) is 7.30. The molecule has 0 aliphatic heterocycles. The number of nitrogens with one attached hydrogen (secondary N) is 1. The van der Waals surface area contributed by atoms with E-state index in [1.165, 1.54) is 12.1 Å². The molecule has 2 heterocycles. The Morgan fingerprint density at radius 1 is 0.974 bits per heavy atom. The maximum Gasteiger partial charge on any atom is 0.387 e. The first-order valence-electron chi connectivity index (χ1n) is 11.7. The zero-order valence-electron chi connectivity index (χ0n) is 20.3. The van der Waals surface area contributed by atoms with E-state index in [0.717, 1.165) is 28.5 Å². The Kier molecular flexibility index (Phi) is 6.81. The van der Waals surface area contributed by atoms with Crippen LogP contribution in [0.4, 0.5) is 8.78 Å². The lowest BCUT2D eigenvalue weighted by Crippen LogP contribution is -2.10. The highest BCUT2D eigenvalue weighted by atomic mass is 32.2. The molecule has 0 spiro atoms. The summed E-state index contributed by atoms with van der Waals surface area (Å²) in [5, 5.41) is 0. The molecule has 5 rings (SSSR count). The van der Waals surface area contributed by atoms with E-state index in [-0.39, 0.29) is 22.7 Å². The molecule has 0 saturated heterocycles. The summed E-state index contributed by atoms with van der Waals surface area (Å²) in [5.41, 5.74) is 4.30. The van der Waals surface area contributed by atoms with Crippen LogP contribution < -0.4 is 10.3 Å². The van der Waals surface area contributed by atoms with Gasteiger partial charge in [-0.25, -0.2) is 13.4 Å². The summed E-state index contributed by atoms with van der Waals surface area (Å²) in [6, 6.07) is 22.0. The number of hydrogen-bond donors (Lipinski definition) is 1. The predicted molar refractivity (Wildman–Crippen MR) is 140 cm³/mol. The Morgan fingerprint density at radius 3 is 2.39 bits per heavy atom. The van der Waals surface area contributed by atoms with E-state index in [1.807, 2.05) is 22.8 Å². The molecule has 0 atom stereocenters. The van der Waals surface area contributed by atoms with Gasteiger partial charge in [0, 0.05) is 30.5 Å².